The summed E-state index contributed by atoms with van der Waals surface area (Å²) in [4.78, 5) is 11.4. The Labute approximate surface area is 74.5 Å². The molecule has 2 fully saturated rings. The Kier molecular flexibility index (Phi) is 1.61. The van der Waals surface area contributed by atoms with Crippen molar-refractivity contribution in [1.82, 2.24) is 0 Å². The van der Waals surface area contributed by atoms with E-state index < -0.39 is 0 Å². The van der Waals surface area contributed by atoms with Gasteiger partial charge in [0.1, 0.15) is 5.78 Å². The van der Waals surface area contributed by atoms with E-state index >= 15 is 0 Å². The van der Waals surface area contributed by atoms with Crippen molar-refractivity contribution in [2.45, 2.75) is 40.0 Å². The van der Waals surface area contributed by atoms with Crippen molar-refractivity contribution in [3.8, 4) is 0 Å². The van der Waals surface area contributed by atoms with Crippen LogP contribution in [0.1, 0.15) is 40.0 Å². The molecule has 0 saturated heterocycles. The van der Waals surface area contributed by atoms with E-state index in [9.17, 15) is 4.79 Å². The van der Waals surface area contributed by atoms with Gasteiger partial charge in [-0.05, 0) is 30.1 Å². The van der Waals surface area contributed by atoms with Crippen molar-refractivity contribution in [1.29, 1.82) is 0 Å². The molecular weight excluding hydrogens is 148 g/mol. The van der Waals surface area contributed by atoms with Crippen molar-refractivity contribution in [3.63, 3.8) is 0 Å². The van der Waals surface area contributed by atoms with E-state index in [0.717, 1.165) is 12.3 Å². The molecule has 0 aromatic rings. The van der Waals surface area contributed by atoms with E-state index in [1.165, 1.54) is 12.8 Å². The van der Waals surface area contributed by atoms with Crippen molar-refractivity contribution < 1.29 is 4.79 Å². The minimum Gasteiger partial charge on any atom is -0.299 e. The van der Waals surface area contributed by atoms with Crippen LogP contribution in [-0.4, -0.2) is 5.78 Å². The van der Waals surface area contributed by atoms with Crippen LogP contribution in [0.4, 0.5) is 0 Å². The third-order valence-electron chi connectivity index (χ3n) is 3.82. The monoisotopic (exact) mass is 166 g/mol. The second kappa shape index (κ2) is 2.34. The molecular formula is C11H18O. The molecule has 0 aromatic carbocycles. The van der Waals surface area contributed by atoms with Crippen LogP contribution in [0.2, 0.25) is 0 Å². The van der Waals surface area contributed by atoms with Gasteiger partial charge in [-0.3, -0.25) is 4.79 Å². The maximum Gasteiger partial charge on any atom is 0.136 e. The molecule has 0 radical (unpaired) electrons. The summed E-state index contributed by atoms with van der Waals surface area (Å²) in [7, 11) is 0. The Balaban J connectivity index is 2.16. The van der Waals surface area contributed by atoms with Crippen LogP contribution in [0.3, 0.4) is 0 Å². The molecule has 0 unspecified atom stereocenters. The highest BCUT2D eigenvalue weighted by atomic mass is 16.1. The predicted molar refractivity (Wildman–Crippen MR) is 48.8 cm³/mol. The van der Waals surface area contributed by atoms with E-state index in [2.05, 4.69) is 20.8 Å². The number of hydrogen-bond acceptors (Lipinski definition) is 1. The molecule has 0 aromatic heterocycles. The van der Waals surface area contributed by atoms with Crippen molar-refractivity contribution in [2.75, 3.05) is 0 Å². The van der Waals surface area contributed by atoms with Gasteiger partial charge in [-0.1, -0.05) is 20.8 Å². The van der Waals surface area contributed by atoms with E-state index in [-0.39, 0.29) is 0 Å². The average molecular weight is 166 g/mol. The van der Waals surface area contributed by atoms with Crippen LogP contribution in [0.5, 0.6) is 0 Å². The molecule has 1 nitrogen and oxygen atoms in total. The third-order valence-corrected chi connectivity index (χ3v) is 3.82. The summed E-state index contributed by atoms with van der Waals surface area (Å²) in [6, 6.07) is 0. The van der Waals surface area contributed by atoms with Crippen LogP contribution in [0.25, 0.3) is 0 Å². The van der Waals surface area contributed by atoms with Gasteiger partial charge in [0.25, 0.3) is 0 Å². The maximum atomic E-state index is 11.4. The molecule has 2 saturated carbocycles. The van der Waals surface area contributed by atoms with Crippen molar-refractivity contribution >= 4 is 5.78 Å². The zero-order valence-electron chi connectivity index (χ0n) is 8.26. The normalized spacial score (nSPS) is 44.9. The number of carbonyl (C=O) groups excluding carboxylic acids is 1. The smallest absolute Gasteiger partial charge is 0.136 e. The SMILES string of the molecule is C[C@H]1C(=O)C[C@H]2CC(C)(C)C[C@H]21. The number of carbonyl (C=O) groups is 1. The fourth-order valence-electron chi connectivity index (χ4n) is 3.24. The molecule has 2 rings (SSSR count). The number of ketones is 1. The lowest BCUT2D eigenvalue weighted by atomic mass is 9.86. The van der Waals surface area contributed by atoms with Crippen molar-refractivity contribution in [3.05, 3.63) is 0 Å². The summed E-state index contributed by atoms with van der Waals surface area (Å²) < 4.78 is 0. The maximum absolute atomic E-state index is 11.4. The van der Waals surface area contributed by atoms with E-state index in [1.807, 2.05) is 0 Å². The van der Waals surface area contributed by atoms with Gasteiger partial charge in [0, 0.05) is 12.3 Å². The first-order chi connectivity index (χ1) is 5.49. The lowest BCUT2D eigenvalue weighted by Crippen LogP contribution is -2.14. The van der Waals surface area contributed by atoms with Crippen LogP contribution >= 0.6 is 0 Å². The first kappa shape index (κ1) is 8.28. The van der Waals surface area contributed by atoms with E-state index in [1.54, 1.807) is 0 Å². The Morgan fingerprint density at radius 1 is 1.33 bits per heavy atom. The molecule has 0 heterocycles. The number of hydrogen-bond donors (Lipinski definition) is 0. The van der Waals surface area contributed by atoms with Gasteiger partial charge in [-0.25, -0.2) is 0 Å². The molecule has 0 amide bonds. The fraction of sp³-hybridized carbons (Fsp3) is 0.909. The summed E-state index contributed by atoms with van der Waals surface area (Å²) in [5.74, 6) is 2.31. The minimum atomic E-state index is 0.358. The molecule has 0 aliphatic heterocycles. The summed E-state index contributed by atoms with van der Waals surface area (Å²) in [6.45, 7) is 6.79. The van der Waals surface area contributed by atoms with Crippen molar-refractivity contribution in [2.24, 2.45) is 23.2 Å². The van der Waals surface area contributed by atoms with Crippen LogP contribution in [-0.2, 0) is 4.79 Å². The standard InChI is InChI=1S/C11H18O/c1-7-9-6-11(2,3)5-8(9)4-10(7)12/h7-9H,4-6H2,1-3H3/t7-,8+,9+/m1/s1. The Hall–Kier alpha value is -0.330. The summed E-state index contributed by atoms with van der Waals surface area (Å²) in [6.07, 6.45) is 3.41. The Morgan fingerprint density at radius 3 is 2.58 bits per heavy atom. The van der Waals surface area contributed by atoms with Gasteiger partial charge >= 0.3 is 0 Å². The summed E-state index contributed by atoms with van der Waals surface area (Å²) >= 11 is 0. The Bertz CT molecular complexity index is 217. The minimum absolute atomic E-state index is 0.358. The third kappa shape index (κ3) is 1.10. The highest BCUT2D eigenvalue weighted by molar-refractivity contribution is 5.83. The first-order valence-corrected chi connectivity index (χ1v) is 5.02. The zero-order valence-corrected chi connectivity index (χ0v) is 8.26. The van der Waals surface area contributed by atoms with E-state index in [4.69, 9.17) is 0 Å². The quantitative estimate of drug-likeness (QED) is 0.540. The molecule has 2 aliphatic carbocycles. The first-order valence-electron chi connectivity index (χ1n) is 5.02. The fourth-order valence-corrected chi connectivity index (χ4v) is 3.24. The van der Waals surface area contributed by atoms with E-state index in [0.29, 0.717) is 23.0 Å². The molecule has 3 atom stereocenters. The van der Waals surface area contributed by atoms with Crippen LogP contribution in [0.15, 0.2) is 0 Å². The van der Waals surface area contributed by atoms with Gasteiger partial charge in [-0.2, -0.15) is 0 Å². The Morgan fingerprint density at radius 2 is 2.00 bits per heavy atom. The second-order valence-corrected chi connectivity index (χ2v) is 5.46. The van der Waals surface area contributed by atoms with Gasteiger partial charge in [0.05, 0.1) is 0 Å². The average Bonchev–Trinajstić information content (AvgIpc) is 2.33. The number of Topliss-reactive ketones (excluding diaryl/α,β-unsaturated/α-hetero) is 1. The van der Waals surface area contributed by atoms with Gasteiger partial charge in [-0.15, -0.1) is 0 Å². The summed E-state index contributed by atoms with van der Waals surface area (Å²) in [5, 5.41) is 0. The number of fused-ring (bicyclic) bond motifs is 1. The van der Waals surface area contributed by atoms with Gasteiger partial charge in [0.15, 0.2) is 0 Å². The molecule has 2 aliphatic rings. The lowest BCUT2D eigenvalue weighted by molar-refractivity contribution is -0.121. The molecule has 68 valence electrons. The topological polar surface area (TPSA) is 17.1 Å². The number of rotatable bonds is 0. The van der Waals surface area contributed by atoms with Crippen LogP contribution < -0.4 is 0 Å². The summed E-state index contributed by atoms with van der Waals surface area (Å²) in [5.41, 5.74) is 0.504. The molecule has 12 heavy (non-hydrogen) atoms. The second-order valence-electron chi connectivity index (χ2n) is 5.46. The molecule has 1 heteroatoms. The van der Waals surface area contributed by atoms with Crippen LogP contribution in [0, 0.1) is 23.2 Å². The van der Waals surface area contributed by atoms with Gasteiger partial charge in [0.2, 0.25) is 0 Å². The lowest BCUT2D eigenvalue weighted by Gasteiger charge is -2.19. The molecule has 0 spiro atoms. The largest absolute Gasteiger partial charge is 0.299 e. The zero-order chi connectivity index (χ0) is 8.93. The highest BCUT2D eigenvalue weighted by Gasteiger charge is 2.48. The highest BCUT2D eigenvalue weighted by Crippen LogP contribution is 2.53. The molecule has 0 N–H and O–H groups in total. The predicted octanol–water partition coefficient (Wildman–Crippen LogP) is 2.65. The van der Waals surface area contributed by atoms with Gasteiger partial charge < -0.3 is 0 Å². The molecule has 0 bridgehead atoms.